The lowest BCUT2D eigenvalue weighted by Crippen LogP contribution is -2.49. The van der Waals surface area contributed by atoms with Crippen molar-refractivity contribution >= 4 is 40.1 Å². The lowest BCUT2D eigenvalue weighted by atomic mass is 9.91. The molecule has 1 aliphatic rings. The van der Waals surface area contributed by atoms with Crippen molar-refractivity contribution in [3.05, 3.63) is 87.0 Å². The van der Waals surface area contributed by atoms with Gasteiger partial charge in [-0.25, -0.2) is 9.67 Å². The molecule has 0 unspecified atom stereocenters. The third-order valence-electron chi connectivity index (χ3n) is 6.16. The van der Waals surface area contributed by atoms with Crippen LogP contribution in [0, 0.1) is 0 Å². The molecule has 0 atom stereocenters. The van der Waals surface area contributed by atoms with E-state index in [0.29, 0.717) is 52.6 Å². The third-order valence-corrected chi connectivity index (χ3v) is 6.72. The standard InChI is InChI=1S/C24H21Cl2N5O3/c25-16-6-7-20(26)18(12-16)22(32)29-10-8-24(34,9-11-29)14-30-15-27-21-19(23(30)33)13-28-31(21)17-4-2-1-3-5-17/h1-7,12-13,15,34H,8-11,14H2. The van der Waals surface area contributed by atoms with Crippen molar-refractivity contribution < 1.29 is 9.90 Å². The van der Waals surface area contributed by atoms with E-state index in [1.54, 1.807) is 27.8 Å². The first-order chi connectivity index (χ1) is 16.3. The van der Waals surface area contributed by atoms with E-state index in [-0.39, 0.29) is 18.0 Å². The van der Waals surface area contributed by atoms with Crippen LogP contribution in [0.3, 0.4) is 0 Å². The fourth-order valence-corrected chi connectivity index (χ4v) is 4.62. The van der Waals surface area contributed by atoms with Crippen molar-refractivity contribution in [3.63, 3.8) is 0 Å². The average Bonchev–Trinajstić information content (AvgIpc) is 3.28. The Bertz CT molecular complexity index is 1430. The maximum Gasteiger partial charge on any atom is 0.264 e. The molecule has 1 aliphatic heterocycles. The Labute approximate surface area is 205 Å². The topological polar surface area (TPSA) is 93.2 Å². The van der Waals surface area contributed by atoms with Crippen LogP contribution in [-0.2, 0) is 6.54 Å². The number of aliphatic hydroxyl groups is 1. The van der Waals surface area contributed by atoms with Gasteiger partial charge in [0.2, 0.25) is 0 Å². The molecule has 1 N–H and O–H groups in total. The molecule has 2 aromatic heterocycles. The van der Waals surface area contributed by atoms with Gasteiger partial charge in [-0.05, 0) is 43.2 Å². The van der Waals surface area contributed by atoms with Crippen molar-refractivity contribution in [1.29, 1.82) is 0 Å². The van der Waals surface area contributed by atoms with Crippen LogP contribution >= 0.6 is 23.2 Å². The Balaban J connectivity index is 1.33. The molecule has 1 amide bonds. The number of carbonyl (C=O) groups excluding carboxylic acids is 1. The molecule has 1 saturated heterocycles. The van der Waals surface area contributed by atoms with Gasteiger partial charge in [0.05, 0.1) is 34.6 Å². The van der Waals surface area contributed by atoms with Gasteiger partial charge in [0, 0.05) is 18.1 Å². The second-order valence-corrected chi connectivity index (χ2v) is 9.29. The lowest BCUT2D eigenvalue weighted by Gasteiger charge is -2.38. The average molecular weight is 498 g/mol. The van der Waals surface area contributed by atoms with E-state index < -0.39 is 5.60 Å². The van der Waals surface area contributed by atoms with Gasteiger partial charge >= 0.3 is 0 Å². The molecule has 0 spiro atoms. The Hall–Kier alpha value is -3.20. The molecule has 10 heteroatoms. The van der Waals surface area contributed by atoms with Gasteiger partial charge in [-0.15, -0.1) is 0 Å². The summed E-state index contributed by atoms with van der Waals surface area (Å²) in [4.78, 5) is 32.0. The minimum Gasteiger partial charge on any atom is -0.388 e. The quantitative estimate of drug-likeness (QED) is 0.465. The SMILES string of the molecule is O=C(c1cc(Cl)ccc1Cl)N1CCC(O)(Cn2cnc3c(cnn3-c3ccccc3)c2=O)CC1. The first-order valence-corrected chi connectivity index (χ1v) is 11.6. The highest BCUT2D eigenvalue weighted by molar-refractivity contribution is 6.35. The second kappa shape index (κ2) is 8.87. The minimum absolute atomic E-state index is 0.0746. The number of hydrogen-bond donors (Lipinski definition) is 1. The smallest absolute Gasteiger partial charge is 0.264 e. The van der Waals surface area contributed by atoms with E-state index in [1.807, 2.05) is 30.3 Å². The van der Waals surface area contributed by atoms with Crippen LogP contribution in [-0.4, -0.2) is 53.9 Å². The second-order valence-electron chi connectivity index (χ2n) is 8.45. The van der Waals surface area contributed by atoms with E-state index in [1.165, 1.54) is 17.1 Å². The zero-order chi connectivity index (χ0) is 23.9. The van der Waals surface area contributed by atoms with E-state index >= 15 is 0 Å². The van der Waals surface area contributed by atoms with Crippen LogP contribution in [0.1, 0.15) is 23.2 Å². The van der Waals surface area contributed by atoms with Gasteiger partial charge in [0.1, 0.15) is 11.7 Å². The number of likely N-dealkylation sites (tertiary alicyclic amines) is 1. The molecule has 34 heavy (non-hydrogen) atoms. The summed E-state index contributed by atoms with van der Waals surface area (Å²) in [7, 11) is 0. The molecule has 2 aromatic carbocycles. The summed E-state index contributed by atoms with van der Waals surface area (Å²) in [5, 5.41) is 16.6. The maximum atomic E-state index is 13.1. The van der Waals surface area contributed by atoms with E-state index in [2.05, 4.69) is 10.1 Å². The van der Waals surface area contributed by atoms with Crippen LogP contribution < -0.4 is 5.56 Å². The molecule has 0 aliphatic carbocycles. The Morgan fingerprint density at radius 2 is 1.82 bits per heavy atom. The predicted molar refractivity (Wildman–Crippen MR) is 130 cm³/mol. The molecular formula is C24H21Cl2N5O3. The number of benzene rings is 2. The molecule has 3 heterocycles. The van der Waals surface area contributed by atoms with Gasteiger partial charge in [-0.1, -0.05) is 41.4 Å². The number of aromatic nitrogens is 4. The summed E-state index contributed by atoms with van der Waals surface area (Å²) in [5.41, 5.74) is 0.172. The number of halogens is 2. The Kier molecular flexibility index (Phi) is 5.89. The van der Waals surface area contributed by atoms with Crippen molar-refractivity contribution in [2.24, 2.45) is 0 Å². The predicted octanol–water partition coefficient (Wildman–Crippen LogP) is 3.56. The Morgan fingerprint density at radius 1 is 1.09 bits per heavy atom. The third kappa shape index (κ3) is 4.20. The van der Waals surface area contributed by atoms with Crippen LogP contribution in [0.5, 0.6) is 0 Å². The highest BCUT2D eigenvalue weighted by Gasteiger charge is 2.35. The fourth-order valence-electron chi connectivity index (χ4n) is 4.25. The van der Waals surface area contributed by atoms with Crippen molar-refractivity contribution in [2.75, 3.05) is 13.1 Å². The lowest BCUT2D eigenvalue weighted by molar-refractivity contribution is -0.0299. The number of fused-ring (bicyclic) bond motifs is 1. The molecule has 8 nitrogen and oxygen atoms in total. The number of amides is 1. The summed E-state index contributed by atoms with van der Waals surface area (Å²) >= 11 is 12.2. The largest absolute Gasteiger partial charge is 0.388 e. The minimum atomic E-state index is -1.15. The fraction of sp³-hybridized carbons (Fsp3) is 0.250. The van der Waals surface area contributed by atoms with Crippen molar-refractivity contribution in [2.45, 2.75) is 25.0 Å². The van der Waals surface area contributed by atoms with Gasteiger partial charge in [0.15, 0.2) is 5.65 Å². The molecule has 1 fully saturated rings. The van der Waals surface area contributed by atoms with E-state index in [0.717, 1.165) is 5.69 Å². The summed E-state index contributed by atoms with van der Waals surface area (Å²) in [5.74, 6) is -0.233. The molecule has 0 radical (unpaired) electrons. The van der Waals surface area contributed by atoms with E-state index in [4.69, 9.17) is 23.2 Å². The van der Waals surface area contributed by atoms with Crippen LogP contribution in [0.15, 0.2) is 65.8 Å². The van der Waals surface area contributed by atoms with Gasteiger partial charge in [0.25, 0.3) is 11.5 Å². The van der Waals surface area contributed by atoms with Crippen LogP contribution in [0.25, 0.3) is 16.7 Å². The summed E-state index contributed by atoms with van der Waals surface area (Å²) in [6.45, 7) is 0.730. The molecule has 5 rings (SSSR count). The zero-order valence-corrected chi connectivity index (χ0v) is 19.6. The molecular weight excluding hydrogens is 477 g/mol. The molecule has 174 valence electrons. The molecule has 4 aromatic rings. The maximum absolute atomic E-state index is 13.1. The van der Waals surface area contributed by atoms with Crippen LogP contribution in [0.4, 0.5) is 0 Å². The van der Waals surface area contributed by atoms with E-state index in [9.17, 15) is 14.7 Å². The first-order valence-electron chi connectivity index (χ1n) is 10.8. The number of hydrogen-bond acceptors (Lipinski definition) is 5. The zero-order valence-electron chi connectivity index (χ0n) is 18.1. The number of piperidine rings is 1. The highest BCUT2D eigenvalue weighted by Crippen LogP contribution is 2.28. The van der Waals surface area contributed by atoms with Gasteiger partial charge in [-0.2, -0.15) is 5.10 Å². The summed E-state index contributed by atoms with van der Waals surface area (Å²) in [6, 6.07) is 14.2. The normalized spacial score (nSPS) is 15.6. The van der Waals surface area contributed by atoms with Crippen molar-refractivity contribution in [1.82, 2.24) is 24.2 Å². The van der Waals surface area contributed by atoms with Gasteiger partial charge in [-0.3, -0.25) is 14.2 Å². The molecule has 0 saturated carbocycles. The van der Waals surface area contributed by atoms with Crippen molar-refractivity contribution in [3.8, 4) is 5.69 Å². The number of nitrogens with zero attached hydrogens (tertiary/aromatic N) is 5. The monoisotopic (exact) mass is 497 g/mol. The summed E-state index contributed by atoms with van der Waals surface area (Å²) in [6.07, 6.45) is 3.55. The summed E-state index contributed by atoms with van der Waals surface area (Å²) < 4.78 is 3.02. The highest BCUT2D eigenvalue weighted by atomic mass is 35.5. The van der Waals surface area contributed by atoms with Crippen LogP contribution in [0.2, 0.25) is 10.0 Å². The molecule has 0 bridgehead atoms. The van der Waals surface area contributed by atoms with Gasteiger partial charge < -0.3 is 10.0 Å². The number of para-hydroxylation sites is 1. The number of carbonyl (C=O) groups is 1. The Morgan fingerprint density at radius 3 is 2.56 bits per heavy atom. The number of rotatable bonds is 4. The first kappa shape index (κ1) is 22.6.